The van der Waals surface area contributed by atoms with Crippen LogP contribution in [0.15, 0.2) is 22.7 Å². The first-order chi connectivity index (χ1) is 9.92. The summed E-state index contributed by atoms with van der Waals surface area (Å²) in [7, 11) is 0. The molecule has 0 heterocycles. The van der Waals surface area contributed by atoms with Gasteiger partial charge < -0.3 is 14.8 Å². The van der Waals surface area contributed by atoms with Crippen LogP contribution in [-0.2, 0) is 0 Å². The van der Waals surface area contributed by atoms with E-state index < -0.39 is 6.36 Å². The minimum absolute atomic E-state index is 0.212. The Hall–Kier alpha value is -0.950. The van der Waals surface area contributed by atoms with Gasteiger partial charge in [-0.3, -0.25) is 0 Å². The van der Waals surface area contributed by atoms with Crippen molar-refractivity contribution in [2.24, 2.45) is 0 Å². The number of benzene rings is 1. The lowest BCUT2D eigenvalue weighted by Gasteiger charge is -2.12. The molecular weight excluding hydrogens is 351 g/mol. The maximum absolute atomic E-state index is 12.1. The minimum Gasteiger partial charge on any atom is -0.494 e. The van der Waals surface area contributed by atoms with Gasteiger partial charge in [-0.05, 0) is 66.5 Å². The maximum atomic E-state index is 12.1. The van der Waals surface area contributed by atoms with Crippen molar-refractivity contribution in [3.8, 4) is 11.5 Å². The van der Waals surface area contributed by atoms with Crippen LogP contribution in [0, 0.1) is 0 Å². The first-order valence-corrected chi connectivity index (χ1v) is 7.60. The van der Waals surface area contributed by atoms with Crippen LogP contribution in [0.2, 0.25) is 0 Å². The molecule has 0 spiro atoms. The number of nitrogens with one attached hydrogen (secondary N) is 1. The van der Waals surface area contributed by atoms with Gasteiger partial charge in [-0.25, -0.2) is 0 Å². The number of alkyl halides is 3. The molecule has 0 saturated heterocycles. The molecule has 120 valence electrons. The van der Waals surface area contributed by atoms with Crippen molar-refractivity contribution in [3.05, 3.63) is 22.7 Å². The van der Waals surface area contributed by atoms with E-state index in [9.17, 15) is 13.2 Å². The summed E-state index contributed by atoms with van der Waals surface area (Å²) in [5.74, 6) is 0.239. The highest BCUT2D eigenvalue weighted by molar-refractivity contribution is 9.10. The largest absolute Gasteiger partial charge is 0.573 e. The second-order valence-corrected chi connectivity index (χ2v) is 5.26. The number of hydrogen-bond donors (Lipinski definition) is 1. The first kappa shape index (κ1) is 18.1. The van der Waals surface area contributed by atoms with Crippen LogP contribution >= 0.6 is 15.9 Å². The van der Waals surface area contributed by atoms with Crippen molar-refractivity contribution in [2.75, 3.05) is 19.7 Å². The van der Waals surface area contributed by atoms with Gasteiger partial charge in [0.25, 0.3) is 0 Å². The van der Waals surface area contributed by atoms with Crippen molar-refractivity contribution >= 4 is 15.9 Å². The van der Waals surface area contributed by atoms with E-state index in [2.05, 4.69) is 32.9 Å². The summed E-state index contributed by atoms with van der Waals surface area (Å²) in [6, 6.07) is 4.17. The van der Waals surface area contributed by atoms with Gasteiger partial charge in [0.2, 0.25) is 0 Å². The number of halogens is 4. The summed E-state index contributed by atoms with van der Waals surface area (Å²) in [6.45, 7) is 4.56. The average Bonchev–Trinajstić information content (AvgIpc) is 2.39. The van der Waals surface area contributed by atoms with Crippen LogP contribution in [0.1, 0.15) is 26.2 Å². The summed E-state index contributed by atoms with van der Waals surface area (Å²) in [5, 5.41) is 3.24. The Morgan fingerprint density at radius 3 is 2.57 bits per heavy atom. The van der Waals surface area contributed by atoms with Crippen LogP contribution < -0.4 is 14.8 Å². The minimum atomic E-state index is -4.70. The molecule has 3 nitrogen and oxygen atoms in total. The summed E-state index contributed by atoms with van der Waals surface area (Å²) < 4.78 is 45.9. The van der Waals surface area contributed by atoms with Crippen molar-refractivity contribution < 1.29 is 22.6 Å². The molecule has 21 heavy (non-hydrogen) atoms. The summed E-state index contributed by atoms with van der Waals surface area (Å²) in [4.78, 5) is 0. The van der Waals surface area contributed by atoms with Gasteiger partial charge in [0.15, 0.2) is 0 Å². The molecule has 1 rings (SSSR count). The van der Waals surface area contributed by atoms with Crippen molar-refractivity contribution in [3.63, 3.8) is 0 Å². The smallest absolute Gasteiger partial charge is 0.494 e. The molecule has 0 aliphatic carbocycles. The highest BCUT2D eigenvalue weighted by Gasteiger charge is 2.31. The van der Waals surface area contributed by atoms with Gasteiger partial charge in [0.05, 0.1) is 11.1 Å². The Bertz CT molecular complexity index is 427. The topological polar surface area (TPSA) is 30.5 Å². The van der Waals surface area contributed by atoms with E-state index in [-0.39, 0.29) is 10.2 Å². The molecule has 0 unspecified atom stereocenters. The Morgan fingerprint density at radius 1 is 1.19 bits per heavy atom. The van der Waals surface area contributed by atoms with Crippen molar-refractivity contribution in [1.82, 2.24) is 5.32 Å². The van der Waals surface area contributed by atoms with Crippen LogP contribution in [-0.4, -0.2) is 26.1 Å². The summed E-state index contributed by atoms with van der Waals surface area (Å²) >= 11 is 3.04. The van der Waals surface area contributed by atoms with Gasteiger partial charge >= 0.3 is 6.36 Å². The van der Waals surface area contributed by atoms with Crippen molar-refractivity contribution in [1.29, 1.82) is 0 Å². The lowest BCUT2D eigenvalue weighted by molar-refractivity contribution is -0.274. The Kier molecular flexibility index (Phi) is 7.88. The zero-order chi connectivity index (χ0) is 15.7. The third-order valence-electron chi connectivity index (χ3n) is 2.65. The average molecular weight is 370 g/mol. The fraction of sp³-hybridized carbons (Fsp3) is 0.571. The maximum Gasteiger partial charge on any atom is 0.573 e. The molecule has 0 atom stereocenters. The van der Waals surface area contributed by atoms with E-state index in [0.29, 0.717) is 12.4 Å². The number of unbranched alkanes of at least 4 members (excludes halogenated alkanes) is 2. The Balaban J connectivity index is 2.32. The highest BCUT2D eigenvalue weighted by atomic mass is 79.9. The van der Waals surface area contributed by atoms with Gasteiger partial charge in [0.1, 0.15) is 11.5 Å². The fourth-order valence-corrected chi connectivity index (χ4v) is 2.11. The van der Waals surface area contributed by atoms with Gasteiger partial charge in [-0.1, -0.05) is 6.92 Å². The summed E-state index contributed by atoms with van der Waals surface area (Å²) in [6.07, 6.45) is -1.66. The van der Waals surface area contributed by atoms with Crippen LogP contribution in [0.3, 0.4) is 0 Å². The standard InChI is InChI=1S/C14H19BrF3NO2/c1-2-19-8-4-3-5-9-20-11-6-7-13(12(15)10-11)21-14(16,17)18/h6-7,10,19H,2-5,8-9H2,1H3. The zero-order valence-corrected chi connectivity index (χ0v) is 13.4. The molecule has 0 bridgehead atoms. The predicted octanol–water partition coefficient (Wildman–Crippen LogP) is 4.51. The summed E-state index contributed by atoms with van der Waals surface area (Å²) in [5.41, 5.74) is 0. The third-order valence-corrected chi connectivity index (χ3v) is 3.27. The Morgan fingerprint density at radius 2 is 1.95 bits per heavy atom. The molecule has 0 fully saturated rings. The predicted molar refractivity (Wildman–Crippen MR) is 78.7 cm³/mol. The lowest BCUT2D eigenvalue weighted by Crippen LogP contribution is -2.17. The van der Waals surface area contributed by atoms with E-state index in [0.717, 1.165) is 32.4 Å². The molecule has 1 aromatic rings. The molecule has 1 N–H and O–H groups in total. The number of ether oxygens (including phenoxy) is 2. The van der Waals surface area contributed by atoms with E-state index in [1.54, 1.807) is 0 Å². The second-order valence-electron chi connectivity index (χ2n) is 4.40. The van der Waals surface area contributed by atoms with E-state index in [1.807, 2.05) is 0 Å². The quantitative estimate of drug-likeness (QED) is 0.649. The first-order valence-electron chi connectivity index (χ1n) is 6.81. The lowest BCUT2D eigenvalue weighted by atomic mass is 10.2. The van der Waals surface area contributed by atoms with E-state index in [1.165, 1.54) is 18.2 Å². The second kappa shape index (κ2) is 9.15. The van der Waals surface area contributed by atoms with Gasteiger partial charge in [-0.15, -0.1) is 13.2 Å². The molecule has 7 heteroatoms. The molecule has 0 aromatic heterocycles. The van der Waals surface area contributed by atoms with Gasteiger partial charge in [0, 0.05) is 0 Å². The fourth-order valence-electron chi connectivity index (χ4n) is 1.67. The molecule has 0 aliphatic heterocycles. The van der Waals surface area contributed by atoms with Crippen LogP contribution in [0.4, 0.5) is 13.2 Å². The van der Waals surface area contributed by atoms with Crippen LogP contribution in [0.25, 0.3) is 0 Å². The third kappa shape index (κ3) is 8.16. The molecule has 1 aromatic carbocycles. The highest BCUT2D eigenvalue weighted by Crippen LogP contribution is 2.33. The molecule has 0 radical (unpaired) electrons. The molecule has 0 amide bonds. The number of hydrogen-bond acceptors (Lipinski definition) is 3. The SMILES string of the molecule is CCNCCCCCOc1ccc(OC(F)(F)F)c(Br)c1. The monoisotopic (exact) mass is 369 g/mol. The van der Waals surface area contributed by atoms with Gasteiger partial charge in [-0.2, -0.15) is 0 Å². The van der Waals surface area contributed by atoms with E-state index >= 15 is 0 Å². The normalized spacial score (nSPS) is 11.5. The zero-order valence-electron chi connectivity index (χ0n) is 11.8. The Labute approximate surface area is 130 Å². The van der Waals surface area contributed by atoms with Crippen LogP contribution in [0.5, 0.6) is 11.5 Å². The molecule has 0 aliphatic rings. The van der Waals surface area contributed by atoms with Crippen molar-refractivity contribution in [2.45, 2.75) is 32.5 Å². The number of rotatable bonds is 9. The molecular formula is C14H19BrF3NO2. The molecule has 0 saturated carbocycles. The van der Waals surface area contributed by atoms with E-state index in [4.69, 9.17) is 4.74 Å².